The normalized spacial score (nSPS) is 31.0. The molecule has 1 saturated carbocycles. The number of rotatable bonds is 5. The van der Waals surface area contributed by atoms with Crippen LogP contribution in [0.1, 0.15) is 57.1 Å². The molecule has 0 radical (unpaired) electrons. The van der Waals surface area contributed by atoms with E-state index in [1.165, 1.54) is 38.6 Å². The third-order valence-electron chi connectivity index (χ3n) is 6.19. The Hall–Kier alpha value is -1.33. The van der Waals surface area contributed by atoms with Gasteiger partial charge in [-0.3, -0.25) is 9.69 Å². The van der Waals surface area contributed by atoms with Gasteiger partial charge in [-0.05, 0) is 50.2 Å². The zero-order valence-corrected chi connectivity index (χ0v) is 15.0. The Balaban J connectivity index is 1.25. The number of carbonyl (C=O) groups excluding carboxylic acids is 1. The molecule has 0 unspecified atom stereocenters. The third-order valence-corrected chi connectivity index (χ3v) is 6.19. The molecular formula is C20H30N2O3. The van der Waals surface area contributed by atoms with Crippen LogP contribution >= 0.6 is 0 Å². The second kappa shape index (κ2) is 7.92. The van der Waals surface area contributed by atoms with Gasteiger partial charge in [-0.25, -0.2) is 0 Å². The van der Waals surface area contributed by atoms with Crippen molar-refractivity contribution < 1.29 is 13.9 Å². The minimum Gasteiger partial charge on any atom is -0.467 e. The summed E-state index contributed by atoms with van der Waals surface area (Å²) in [6, 6.07) is 4.23. The lowest BCUT2D eigenvalue weighted by molar-refractivity contribution is -0.144. The summed E-state index contributed by atoms with van der Waals surface area (Å²) < 4.78 is 11.4. The van der Waals surface area contributed by atoms with E-state index in [4.69, 9.17) is 9.15 Å². The summed E-state index contributed by atoms with van der Waals surface area (Å²) in [6.45, 7) is 2.81. The van der Waals surface area contributed by atoms with Crippen LogP contribution in [-0.4, -0.2) is 42.1 Å². The second-order valence-corrected chi connectivity index (χ2v) is 7.89. The topological polar surface area (TPSA) is 54.7 Å². The summed E-state index contributed by atoms with van der Waals surface area (Å²) in [6.07, 6.45) is 11.6. The highest BCUT2D eigenvalue weighted by molar-refractivity contribution is 5.80. The smallest absolute Gasteiger partial charge is 0.249 e. The molecule has 2 aliphatic heterocycles. The molecule has 3 heterocycles. The second-order valence-electron chi connectivity index (χ2n) is 7.89. The molecule has 1 aromatic rings. The molecular weight excluding hydrogens is 316 g/mol. The van der Waals surface area contributed by atoms with Crippen LogP contribution in [0.15, 0.2) is 22.8 Å². The summed E-state index contributed by atoms with van der Waals surface area (Å²) in [5.74, 6) is 1.66. The fourth-order valence-corrected chi connectivity index (χ4v) is 4.84. The molecule has 0 spiro atoms. The van der Waals surface area contributed by atoms with Gasteiger partial charge >= 0.3 is 0 Å². The Labute approximate surface area is 150 Å². The number of furan rings is 1. The van der Waals surface area contributed by atoms with Crippen LogP contribution in [0.5, 0.6) is 0 Å². The maximum atomic E-state index is 12.4. The number of fused-ring (bicyclic) bond motifs is 1. The van der Waals surface area contributed by atoms with E-state index in [2.05, 4.69) is 10.2 Å². The van der Waals surface area contributed by atoms with Gasteiger partial charge in [-0.2, -0.15) is 0 Å². The monoisotopic (exact) mass is 346 g/mol. The maximum Gasteiger partial charge on any atom is 0.249 e. The number of amides is 1. The lowest BCUT2D eigenvalue weighted by Gasteiger charge is -2.37. The van der Waals surface area contributed by atoms with Crippen molar-refractivity contribution in [2.24, 2.45) is 5.92 Å². The summed E-state index contributed by atoms with van der Waals surface area (Å²) in [5, 5.41) is 2.94. The van der Waals surface area contributed by atoms with E-state index < -0.39 is 0 Å². The number of nitrogens with one attached hydrogen (secondary N) is 1. The van der Waals surface area contributed by atoms with E-state index in [-0.39, 0.29) is 18.1 Å². The van der Waals surface area contributed by atoms with Crippen LogP contribution in [0.4, 0.5) is 0 Å². The Kier molecular flexibility index (Phi) is 5.42. The van der Waals surface area contributed by atoms with Gasteiger partial charge in [0.05, 0.1) is 18.9 Å². The molecule has 2 saturated heterocycles. The quantitative estimate of drug-likeness (QED) is 0.890. The first-order valence-electron chi connectivity index (χ1n) is 9.99. The fraction of sp³-hybridized carbons (Fsp3) is 0.750. The van der Waals surface area contributed by atoms with Gasteiger partial charge < -0.3 is 14.5 Å². The highest BCUT2D eigenvalue weighted by Crippen LogP contribution is 2.34. The number of likely N-dealkylation sites (tertiary alicyclic amines) is 1. The Morgan fingerprint density at radius 1 is 1.16 bits per heavy atom. The average Bonchev–Trinajstić information content (AvgIpc) is 3.30. The van der Waals surface area contributed by atoms with Crippen LogP contribution in [0, 0.1) is 5.92 Å². The fourth-order valence-electron chi connectivity index (χ4n) is 4.84. The number of hydrogen-bond acceptors (Lipinski definition) is 4. The lowest BCUT2D eigenvalue weighted by atomic mass is 9.88. The number of hydrogen-bond donors (Lipinski definition) is 1. The van der Waals surface area contributed by atoms with E-state index in [0.29, 0.717) is 12.6 Å². The first-order valence-corrected chi connectivity index (χ1v) is 9.99. The molecule has 3 aliphatic rings. The first-order chi connectivity index (χ1) is 12.3. The van der Waals surface area contributed by atoms with Crippen molar-refractivity contribution in [1.29, 1.82) is 0 Å². The van der Waals surface area contributed by atoms with Crippen LogP contribution in [-0.2, 0) is 16.1 Å². The Morgan fingerprint density at radius 3 is 2.84 bits per heavy atom. The van der Waals surface area contributed by atoms with Crippen molar-refractivity contribution in [2.45, 2.75) is 76.2 Å². The number of ether oxygens (including phenoxy) is 1. The highest BCUT2D eigenvalue weighted by atomic mass is 16.5. The zero-order chi connectivity index (χ0) is 17.1. The molecule has 3 fully saturated rings. The SMILES string of the molecule is O=C(NCc1ccco1)[C@@H]1CC[C@@H]2[C@@H](CCN2CC2CCCCC2)O1. The van der Waals surface area contributed by atoms with Crippen molar-refractivity contribution in [3.05, 3.63) is 24.2 Å². The minimum atomic E-state index is -0.300. The summed E-state index contributed by atoms with van der Waals surface area (Å²) in [7, 11) is 0. The van der Waals surface area contributed by atoms with Gasteiger partial charge in [0.15, 0.2) is 0 Å². The van der Waals surface area contributed by atoms with Crippen LogP contribution in [0.25, 0.3) is 0 Å². The zero-order valence-electron chi connectivity index (χ0n) is 15.0. The summed E-state index contributed by atoms with van der Waals surface area (Å²) >= 11 is 0. The average molecular weight is 346 g/mol. The number of nitrogens with zero attached hydrogens (tertiary/aromatic N) is 1. The molecule has 1 N–H and O–H groups in total. The third kappa shape index (κ3) is 4.09. The van der Waals surface area contributed by atoms with Gasteiger partial charge in [-0.1, -0.05) is 19.3 Å². The molecule has 4 rings (SSSR count). The molecule has 1 aromatic heterocycles. The van der Waals surface area contributed by atoms with Crippen molar-refractivity contribution in [2.75, 3.05) is 13.1 Å². The van der Waals surface area contributed by atoms with E-state index in [9.17, 15) is 4.79 Å². The molecule has 138 valence electrons. The first kappa shape index (κ1) is 17.1. The summed E-state index contributed by atoms with van der Waals surface area (Å²) in [4.78, 5) is 15.0. The van der Waals surface area contributed by atoms with E-state index in [1.807, 2.05) is 12.1 Å². The molecule has 0 aromatic carbocycles. The molecule has 0 bridgehead atoms. The highest BCUT2D eigenvalue weighted by Gasteiger charge is 2.42. The van der Waals surface area contributed by atoms with Gasteiger partial charge in [0.25, 0.3) is 0 Å². The Morgan fingerprint density at radius 2 is 2.04 bits per heavy atom. The van der Waals surface area contributed by atoms with E-state index in [1.54, 1.807) is 6.26 Å². The number of carbonyl (C=O) groups is 1. The predicted molar refractivity (Wildman–Crippen MR) is 95.0 cm³/mol. The minimum absolute atomic E-state index is 0.000538. The molecule has 1 amide bonds. The molecule has 5 nitrogen and oxygen atoms in total. The van der Waals surface area contributed by atoms with Gasteiger partial charge in [-0.15, -0.1) is 0 Å². The van der Waals surface area contributed by atoms with E-state index in [0.717, 1.165) is 37.5 Å². The Bertz CT molecular complexity index is 553. The van der Waals surface area contributed by atoms with Crippen molar-refractivity contribution in [1.82, 2.24) is 10.2 Å². The van der Waals surface area contributed by atoms with E-state index >= 15 is 0 Å². The van der Waals surface area contributed by atoms with Gasteiger partial charge in [0.1, 0.15) is 11.9 Å². The van der Waals surface area contributed by atoms with Crippen LogP contribution in [0.3, 0.4) is 0 Å². The summed E-state index contributed by atoms with van der Waals surface area (Å²) in [5.41, 5.74) is 0. The molecule has 3 atom stereocenters. The van der Waals surface area contributed by atoms with Crippen LogP contribution < -0.4 is 5.32 Å². The van der Waals surface area contributed by atoms with Crippen molar-refractivity contribution in [3.63, 3.8) is 0 Å². The largest absolute Gasteiger partial charge is 0.467 e. The van der Waals surface area contributed by atoms with Gasteiger partial charge in [0, 0.05) is 19.1 Å². The van der Waals surface area contributed by atoms with Crippen molar-refractivity contribution in [3.8, 4) is 0 Å². The molecule has 1 aliphatic carbocycles. The predicted octanol–water partition coefficient (Wildman–Crippen LogP) is 3.10. The van der Waals surface area contributed by atoms with Crippen LogP contribution in [0.2, 0.25) is 0 Å². The van der Waals surface area contributed by atoms with Crippen molar-refractivity contribution >= 4 is 5.91 Å². The van der Waals surface area contributed by atoms with Gasteiger partial charge in [0.2, 0.25) is 5.91 Å². The lowest BCUT2D eigenvalue weighted by Crippen LogP contribution is -2.48. The maximum absolute atomic E-state index is 12.4. The standard InChI is InChI=1S/C20H30N2O3/c23-20(21-13-16-7-4-12-24-16)19-9-8-17-18(25-19)10-11-22(17)14-15-5-2-1-3-6-15/h4,7,12,15,17-19H,1-3,5-6,8-11,13-14H2,(H,21,23)/t17-,18-,19+/m1/s1. The molecule has 5 heteroatoms. The molecule has 25 heavy (non-hydrogen) atoms.